The molecule has 0 saturated heterocycles. The van der Waals surface area contributed by atoms with Crippen molar-refractivity contribution in [1.29, 1.82) is 0 Å². The van der Waals surface area contributed by atoms with E-state index in [1.807, 2.05) is 72.9 Å². The third-order valence-electron chi connectivity index (χ3n) is 5.89. The van der Waals surface area contributed by atoms with Gasteiger partial charge in [0.15, 0.2) is 0 Å². The number of para-hydroxylation sites is 1. The Kier molecular flexibility index (Phi) is 5.48. The molecule has 0 fully saturated rings. The first-order valence-electron chi connectivity index (χ1n) is 11.1. The van der Waals surface area contributed by atoms with Gasteiger partial charge in [0.25, 0.3) is 0 Å². The molecule has 3 aromatic carbocycles. The van der Waals surface area contributed by atoms with Crippen LogP contribution in [0.1, 0.15) is 16.8 Å². The fraction of sp³-hybridized carbons (Fsp3) is 0.111. The molecule has 0 N–H and O–H groups in total. The molecule has 0 spiro atoms. The predicted octanol–water partition coefficient (Wildman–Crippen LogP) is 5.50. The largest absolute Gasteiger partial charge is 0.423 e. The molecule has 0 bridgehead atoms. The Morgan fingerprint density at radius 2 is 1.74 bits per heavy atom. The standard InChI is InChI=1S/C27H19ClN4O3/c28-27-20(11-18-6-2-4-8-23(18)29-27)15-34-16-21-14-32(31-30-21)13-19-12-25(33)35-24-10-9-17-5-1-3-7-22(17)26(19)24/h1-12,14H,13,15-16H2. The zero-order chi connectivity index (χ0) is 23.8. The van der Waals surface area contributed by atoms with Crippen LogP contribution in [0.25, 0.3) is 32.6 Å². The lowest BCUT2D eigenvalue weighted by Crippen LogP contribution is -2.06. The minimum Gasteiger partial charge on any atom is -0.423 e. The van der Waals surface area contributed by atoms with E-state index < -0.39 is 5.63 Å². The highest BCUT2D eigenvalue weighted by molar-refractivity contribution is 6.30. The highest BCUT2D eigenvalue weighted by Crippen LogP contribution is 2.28. The Morgan fingerprint density at radius 3 is 2.66 bits per heavy atom. The molecule has 7 nitrogen and oxygen atoms in total. The van der Waals surface area contributed by atoms with Crippen LogP contribution in [0.15, 0.2) is 88.2 Å². The molecule has 0 unspecified atom stereocenters. The van der Waals surface area contributed by atoms with E-state index in [1.165, 1.54) is 6.07 Å². The summed E-state index contributed by atoms with van der Waals surface area (Å²) in [4.78, 5) is 16.6. The molecule has 0 radical (unpaired) electrons. The molecular weight excluding hydrogens is 464 g/mol. The van der Waals surface area contributed by atoms with Gasteiger partial charge in [-0.05, 0) is 34.5 Å². The van der Waals surface area contributed by atoms with Crippen LogP contribution in [-0.2, 0) is 24.5 Å². The third-order valence-corrected chi connectivity index (χ3v) is 6.22. The summed E-state index contributed by atoms with van der Waals surface area (Å²) >= 11 is 6.32. The van der Waals surface area contributed by atoms with Gasteiger partial charge in [-0.1, -0.05) is 65.3 Å². The summed E-state index contributed by atoms with van der Waals surface area (Å²) in [6, 6.07) is 23.1. The topological polar surface area (TPSA) is 83.0 Å². The number of hydrogen-bond donors (Lipinski definition) is 0. The van der Waals surface area contributed by atoms with Gasteiger partial charge in [-0.3, -0.25) is 0 Å². The lowest BCUT2D eigenvalue weighted by atomic mass is 10.0. The zero-order valence-electron chi connectivity index (χ0n) is 18.5. The fourth-order valence-electron chi connectivity index (χ4n) is 4.30. The molecule has 3 aromatic heterocycles. The van der Waals surface area contributed by atoms with Crippen molar-refractivity contribution in [1.82, 2.24) is 20.0 Å². The van der Waals surface area contributed by atoms with Gasteiger partial charge in [0.2, 0.25) is 0 Å². The first-order valence-corrected chi connectivity index (χ1v) is 11.5. The number of nitrogens with zero attached hydrogens (tertiary/aromatic N) is 4. The first kappa shape index (κ1) is 21.5. The molecule has 0 amide bonds. The molecule has 6 aromatic rings. The van der Waals surface area contributed by atoms with E-state index in [0.717, 1.165) is 38.2 Å². The quantitative estimate of drug-likeness (QED) is 0.177. The first-order chi connectivity index (χ1) is 17.1. The van der Waals surface area contributed by atoms with Gasteiger partial charge in [-0.25, -0.2) is 14.5 Å². The van der Waals surface area contributed by atoms with Crippen molar-refractivity contribution in [3.8, 4) is 0 Å². The van der Waals surface area contributed by atoms with E-state index in [1.54, 1.807) is 4.68 Å². The van der Waals surface area contributed by atoms with Crippen LogP contribution in [0.5, 0.6) is 0 Å². The lowest BCUT2D eigenvalue weighted by Gasteiger charge is -2.08. The van der Waals surface area contributed by atoms with Crippen molar-refractivity contribution in [2.45, 2.75) is 19.8 Å². The second kappa shape index (κ2) is 8.94. The number of halogens is 1. The second-order valence-electron chi connectivity index (χ2n) is 8.28. The maximum Gasteiger partial charge on any atom is 0.336 e. The predicted molar refractivity (Wildman–Crippen MR) is 134 cm³/mol. The summed E-state index contributed by atoms with van der Waals surface area (Å²) in [7, 11) is 0. The van der Waals surface area contributed by atoms with E-state index in [4.69, 9.17) is 20.8 Å². The van der Waals surface area contributed by atoms with Crippen LogP contribution >= 0.6 is 11.6 Å². The van der Waals surface area contributed by atoms with E-state index in [9.17, 15) is 4.79 Å². The molecule has 172 valence electrons. The Hall–Kier alpha value is -4.07. The van der Waals surface area contributed by atoms with Crippen molar-refractivity contribution in [3.63, 3.8) is 0 Å². The van der Waals surface area contributed by atoms with Crippen molar-refractivity contribution in [2.24, 2.45) is 0 Å². The zero-order valence-corrected chi connectivity index (χ0v) is 19.3. The molecule has 35 heavy (non-hydrogen) atoms. The Balaban J connectivity index is 1.21. The number of pyridine rings is 1. The highest BCUT2D eigenvalue weighted by Gasteiger charge is 2.12. The molecule has 0 aliphatic rings. The number of fused-ring (bicyclic) bond motifs is 4. The number of benzene rings is 3. The molecule has 3 heterocycles. The summed E-state index contributed by atoms with van der Waals surface area (Å²) in [5.74, 6) is 0. The smallest absolute Gasteiger partial charge is 0.336 e. The number of rotatable bonds is 6. The maximum atomic E-state index is 12.2. The van der Waals surface area contributed by atoms with E-state index in [2.05, 4.69) is 15.3 Å². The van der Waals surface area contributed by atoms with Gasteiger partial charge in [-0.2, -0.15) is 0 Å². The van der Waals surface area contributed by atoms with Gasteiger partial charge in [0.05, 0.1) is 31.5 Å². The van der Waals surface area contributed by atoms with Gasteiger partial charge in [0.1, 0.15) is 16.4 Å². The summed E-state index contributed by atoms with van der Waals surface area (Å²) in [5.41, 5.74) is 3.31. The van der Waals surface area contributed by atoms with Crippen molar-refractivity contribution < 1.29 is 9.15 Å². The minimum atomic E-state index is -0.396. The number of hydrogen-bond acceptors (Lipinski definition) is 6. The summed E-state index contributed by atoms with van der Waals surface area (Å²) < 4.78 is 13.0. The Labute approximate surface area is 204 Å². The Morgan fingerprint density at radius 1 is 0.914 bits per heavy atom. The van der Waals surface area contributed by atoms with Crippen LogP contribution < -0.4 is 5.63 Å². The monoisotopic (exact) mass is 482 g/mol. The molecule has 8 heteroatoms. The molecular formula is C27H19ClN4O3. The minimum absolute atomic E-state index is 0.268. The van der Waals surface area contributed by atoms with Crippen molar-refractivity contribution in [2.75, 3.05) is 0 Å². The average Bonchev–Trinajstić information content (AvgIpc) is 3.31. The summed E-state index contributed by atoms with van der Waals surface area (Å²) in [6.07, 6.45) is 1.81. The molecule has 0 saturated carbocycles. The number of ether oxygens (including phenoxy) is 1. The van der Waals surface area contributed by atoms with Crippen molar-refractivity contribution in [3.05, 3.63) is 111 Å². The van der Waals surface area contributed by atoms with Crippen LogP contribution in [0.3, 0.4) is 0 Å². The van der Waals surface area contributed by atoms with Crippen LogP contribution in [-0.4, -0.2) is 20.0 Å². The van der Waals surface area contributed by atoms with Crippen molar-refractivity contribution >= 4 is 44.2 Å². The number of aromatic nitrogens is 4. The van der Waals surface area contributed by atoms with E-state index in [-0.39, 0.29) is 6.61 Å². The van der Waals surface area contributed by atoms with E-state index >= 15 is 0 Å². The molecule has 6 rings (SSSR count). The molecule has 0 aliphatic heterocycles. The van der Waals surface area contributed by atoms with Gasteiger partial charge < -0.3 is 9.15 Å². The summed E-state index contributed by atoms with van der Waals surface area (Å²) in [6.45, 7) is 0.952. The average molecular weight is 483 g/mol. The maximum absolute atomic E-state index is 12.2. The van der Waals surface area contributed by atoms with E-state index in [0.29, 0.717) is 29.6 Å². The SMILES string of the molecule is O=c1cc(Cn2cc(COCc3cc4ccccc4nc3Cl)nn2)c2c(ccc3ccccc32)o1. The Bertz CT molecular complexity index is 1760. The normalized spacial score (nSPS) is 11.6. The van der Waals surface area contributed by atoms with Gasteiger partial charge in [0, 0.05) is 22.4 Å². The molecule has 0 atom stereocenters. The van der Waals surface area contributed by atoms with Gasteiger partial charge in [-0.15, -0.1) is 5.10 Å². The van der Waals surface area contributed by atoms with Crippen LogP contribution in [0.2, 0.25) is 5.15 Å². The molecule has 0 aliphatic carbocycles. The fourth-order valence-corrected chi connectivity index (χ4v) is 4.50. The lowest BCUT2D eigenvalue weighted by molar-refractivity contribution is 0.104. The van der Waals surface area contributed by atoms with Crippen LogP contribution in [0.4, 0.5) is 0 Å². The third kappa shape index (κ3) is 4.27. The van der Waals surface area contributed by atoms with Gasteiger partial charge >= 0.3 is 5.63 Å². The summed E-state index contributed by atoms with van der Waals surface area (Å²) in [5, 5.41) is 12.9. The highest BCUT2D eigenvalue weighted by atomic mass is 35.5. The second-order valence-corrected chi connectivity index (χ2v) is 8.64. The van der Waals surface area contributed by atoms with Crippen LogP contribution in [0, 0.1) is 0 Å².